The Bertz CT molecular complexity index is 539. The average molecular weight is 312 g/mol. The topological polar surface area (TPSA) is 72.2 Å². The summed E-state index contributed by atoms with van der Waals surface area (Å²) < 4.78 is 27.6. The number of hydrogen-bond acceptors (Lipinski definition) is 3. The van der Waals surface area contributed by atoms with Crippen LogP contribution in [0.15, 0.2) is 23.1 Å². The van der Waals surface area contributed by atoms with E-state index >= 15 is 0 Å². The van der Waals surface area contributed by atoms with Gasteiger partial charge in [-0.05, 0) is 36.0 Å². The number of unbranched alkanes of at least 4 members (excludes halogenated alkanes) is 1. The summed E-state index contributed by atoms with van der Waals surface area (Å²) in [5, 5.41) is 0. The Kier molecular flexibility index (Phi) is 7.35. The first-order valence-electron chi connectivity index (χ1n) is 7.72. The molecule has 0 aromatic heterocycles. The molecule has 0 spiro atoms. The molecule has 0 aliphatic heterocycles. The van der Waals surface area contributed by atoms with Gasteiger partial charge in [-0.2, -0.15) is 0 Å². The summed E-state index contributed by atoms with van der Waals surface area (Å²) in [5.74, 6) is 0.662. The number of sulfonamides is 1. The second-order valence-electron chi connectivity index (χ2n) is 5.79. The van der Waals surface area contributed by atoms with Crippen LogP contribution in [0.5, 0.6) is 0 Å². The van der Waals surface area contributed by atoms with Crippen LogP contribution in [0.2, 0.25) is 0 Å². The van der Waals surface area contributed by atoms with Crippen molar-refractivity contribution < 1.29 is 8.42 Å². The van der Waals surface area contributed by atoms with Gasteiger partial charge in [0.1, 0.15) is 0 Å². The predicted octanol–water partition coefficient (Wildman–Crippen LogP) is 2.81. The van der Waals surface area contributed by atoms with Crippen LogP contribution in [0.3, 0.4) is 0 Å². The third-order valence-electron chi connectivity index (χ3n) is 3.54. The van der Waals surface area contributed by atoms with E-state index in [1.54, 1.807) is 6.07 Å². The van der Waals surface area contributed by atoms with Crippen LogP contribution in [0.25, 0.3) is 0 Å². The van der Waals surface area contributed by atoms with Gasteiger partial charge >= 0.3 is 0 Å². The van der Waals surface area contributed by atoms with E-state index in [1.165, 1.54) is 0 Å². The smallest absolute Gasteiger partial charge is 0.240 e. The fraction of sp³-hybridized carbons (Fsp3) is 0.625. The largest absolute Gasteiger partial charge is 0.326 e. The van der Waals surface area contributed by atoms with Gasteiger partial charge in [0.15, 0.2) is 0 Å². The fourth-order valence-electron chi connectivity index (χ4n) is 2.23. The van der Waals surface area contributed by atoms with E-state index in [0.29, 0.717) is 30.3 Å². The lowest BCUT2D eigenvalue weighted by atomic mass is 10.1. The first kappa shape index (κ1) is 18.1. The molecule has 0 heterocycles. The highest BCUT2D eigenvalue weighted by atomic mass is 32.2. The number of nitrogens with one attached hydrogen (secondary N) is 1. The molecule has 0 atom stereocenters. The Labute approximate surface area is 129 Å². The third kappa shape index (κ3) is 5.77. The van der Waals surface area contributed by atoms with Gasteiger partial charge in [0.2, 0.25) is 10.0 Å². The van der Waals surface area contributed by atoms with Crippen LogP contribution < -0.4 is 10.5 Å². The summed E-state index contributed by atoms with van der Waals surface area (Å²) in [6.07, 6.45) is 3.73. The summed E-state index contributed by atoms with van der Waals surface area (Å²) in [5.41, 5.74) is 7.28. The third-order valence-corrected chi connectivity index (χ3v) is 5.08. The summed E-state index contributed by atoms with van der Waals surface area (Å²) in [7, 11) is -3.44. The normalized spacial score (nSPS) is 12.0. The van der Waals surface area contributed by atoms with Gasteiger partial charge in [0, 0.05) is 13.1 Å². The Morgan fingerprint density at radius 1 is 1.24 bits per heavy atom. The molecule has 21 heavy (non-hydrogen) atoms. The molecule has 1 rings (SSSR count). The molecule has 0 aliphatic rings. The Balaban J connectivity index is 2.73. The SMILES string of the molecule is CCc1ccc(CN)cc1S(=O)(=O)NCCCCC(C)C. The second kappa shape index (κ2) is 8.51. The summed E-state index contributed by atoms with van der Waals surface area (Å²) in [4.78, 5) is 0.372. The summed E-state index contributed by atoms with van der Waals surface area (Å²) in [6.45, 7) is 7.15. The van der Waals surface area contributed by atoms with E-state index in [4.69, 9.17) is 5.73 Å². The summed E-state index contributed by atoms with van der Waals surface area (Å²) >= 11 is 0. The van der Waals surface area contributed by atoms with Gasteiger partial charge in [0.25, 0.3) is 0 Å². The molecule has 0 amide bonds. The molecule has 4 nitrogen and oxygen atoms in total. The van der Waals surface area contributed by atoms with Gasteiger partial charge in [0.05, 0.1) is 4.90 Å². The van der Waals surface area contributed by atoms with E-state index in [9.17, 15) is 8.42 Å². The highest BCUT2D eigenvalue weighted by molar-refractivity contribution is 7.89. The number of rotatable bonds is 9. The molecule has 120 valence electrons. The molecule has 0 bridgehead atoms. The standard InChI is InChI=1S/C16H28N2O2S/c1-4-15-9-8-14(12-17)11-16(15)21(19,20)18-10-6-5-7-13(2)3/h8-9,11,13,18H,4-7,10,12,17H2,1-3H3. The lowest BCUT2D eigenvalue weighted by molar-refractivity contribution is 0.530. The van der Waals surface area contributed by atoms with Crippen LogP contribution in [-0.2, 0) is 23.0 Å². The predicted molar refractivity (Wildman–Crippen MR) is 87.6 cm³/mol. The lowest BCUT2D eigenvalue weighted by Crippen LogP contribution is -2.26. The molecule has 0 unspecified atom stereocenters. The maximum atomic E-state index is 12.4. The number of aryl methyl sites for hydroxylation is 1. The van der Waals surface area contributed by atoms with Crippen LogP contribution in [-0.4, -0.2) is 15.0 Å². The van der Waals surface area contributed by atoms with Crippen molar-refractivity contribution in [2.45, 2.75) is 57.9 Å². The number of nitrogens with two attached hydrogens (primary N) is 1. The minimum atomic E-state index is -3.44. The maximum absolute atomic E-state index is 12.4. The molecule has 0 fully saturated rings. The van der Waals surface area contributed by atoms with Crippen molar-refractivity contribution in [3.05, 3.63) is 29.3 Å². The first-order chi connectivity index (χ1) is 9.90. The molecule has 0 aliphatic carbocycles. The van der Waals surface area contributed by atoms with E-state index in [-0.39, 0.29) is 0 Å². The molecule has 1 aromatic carbocycles. The molecule has 0 saturated carbocycles. The molecule has 3 N–H and O–H groups in total. The number of benzene rings is 1. The number of hydrogen-bond donors (Lipinski definition) is 2. The molecule has 1 aromatic rings. The van der Waals surface area contributed by atoms with Crippen molar-refractivity contribution in [1.82, 2.24) is 4.72 Å². The zero-order chi connectivity index (χ0) is 15.9. The Morgan fingerprint density at radius 2 is 1.95 bits per heavy atom. The average Bonchev–Trinajstić information content (AvgIpc) is 2.45. The molecular weight excluding hydrogens is 284 g/mol. The second-order valence-corrected chi connectivity index (χ2v) is 7.52. The van der Waals surface area contributed by atoms with Crippen molar-refractivity contribution in [2.75, 3.05) is 6.54 Å². The van der Waals surface area contributed by atoms with Crippen molar-refractivity contribution >= 4 is 10.0 Å². The van der Waals surface area contributed by atoms with E-state index in [2.05, 4.69) is 18.6 Å². The quantitative estimate of drug-likeness (QED) is 0.689. The van der Waals surface area contributed by atoms with Crippen LogP contribution in [0, 0.1) is 5.92 Å². The monoisotopic (exact) mass is 312 g/mol. The van der Waals surface area contributed by atoms with Crippen LogP contribution in [0.1, 0.15) is 51.2 Å². The molecule has 0 saturated heterocycles. The molecule has 5 heteroatoms. The van der Waals surface area contributed by atoms with Gasteiger partial charge in [-0.1, -0.05) is 45.7 Å². The van der Waals surface area contributed by atoms with Crippen molar-refractivity contribution in [1.29, 1.82) is 0 Å². The minimum absolute atomic E-state index is 0.348. The fourth-order valence-corrected chi connectivity index (χ4v) is 3.66. The van der Waals surface area contributed by atoms with E-state index < -0.39 is 10.0 Å². The van der Waals surface area contributed by atoms with Crippen molar-refractivity contribution in [2.24, 2.45) is 11.7 Å². The van der Waals surface area contributed by atoms with Crippen LogP contribution >= 0.6 is 0 Å². The van der Waals surface area contributed by atoms with Crippen molar-refractivity contribution in [3.8, 4) is 0 Å². The maximum Gasteiger partial charge on any atom is 0.240 e. The minimum Gasteiger partial charge on any atom is -0.326 e. The Morgan fingerprint density at radius 3 is 2.52 bits per heavy atom. The van der Waals surface area contributed by atoms with Crippen LogP contribution in [0.4, 0.5) is 0 Å². The highest BCUT2D eigenvalue weighted by Crippen LogP contribution is 2.18. The molecular formula is C16H28N2O2S. The van der Waals surface area contributed by atoms with Gasteiger partial charge in [-0.3, -0.25) is 0 Å². The van der Waals surface area contributed by atoms with Gasteiger partial charge in [-0.25, -0.2) is 13.1 Å². The zero-order valence-corrected chi connectivity index (χ0v) is 14.2. The highest BCUT2D eigenvalue weighted by Gasteiger charge is 2.17. The first-order valence-corrected chi connectivity index (χ1v) is 9.20. The Hall–Kier alpha value is -0.910. The molecule has 0 radical (unpaired) electrons. The van der Waals surface area contributed by atoms with Gasteiger partial charge in [-0.15, -0.1) is 0 Å². The van der Waals surface area contributed by atoms with E-state index in [0.717, 1.165) is 30.4 Å². The zero-order valence-electron chi connectivity index (χ0n) is 13.4. The van der Waals surface area contributed by atoms with E-state index in [1.807, 2.05) is 19.1 Å². The lowest BCUT2D eigenvalue weighted by Gasteiger charge is -2.12. The summed E-state index contributed by atoms with van der Waals surface area (Å²) in [6, 6.07) is 5.44. The van der Waals surface area contributed by atoms with Crippen molar-refractivity contribution in [3.63, 3.8) is 0 Å². The van der Waals surface area contributed by atoms with Gasteiger partial charge < -0.3 is 5.73 Å².